The zero-order chi connectivity index (χ0) is 12.5. The van der Waals surface area contributed by atoms with Gasteiger partial charge in [0.05, 0.1) is 17.4 Å². The van der Waals surface area contributed by atoms with Gasteiger partial charge in [-0.25, -0.2) is 0 Å². The molecule has 1 aromatic carbocycles. The number of benzene rings is 1. The van der Waals surface area contributed by atoms with Gasteiger partial charge in [0.15, 0.2) is 0 Å². The molecular formula is C14H13N3O. The van der Waals surface area contributed by atoms with Gasteiger partial charge in [0.1, 0.15) is 6.54 Å². The van der Waals surface area contributed by atoms with E-state index in [1.807, 2.05) is 54.2 Å². The summed E-state index contributed by atoms with van der Waals surface area (Å²) in [5, 5.41) is 5.31. The van der Waals surface area contributed by atoms with Crippen LogP contribution >= 0.6 is 0 Å². The molecule has 0 saturated carbocycles. The molecule has 4 nitrogen and oxygen atoms in total. The molecule has 0 bridgehead atoms. The lowest BCUT2D eigenvalue weighted by molar-refractivity contribution is 0.0961. The van der Waals surface area contributed by atoms with E-state index in [1.165, 1.54) is 0 Å². The number of rotatable bonds is 3. The molecule has 0 atom stereocenters. The first-order chi connectivity index (χ1) is 8.75. The molecule has 0 unspecified atom stereocenters. The Kier molecular flexibility index (Phi) is 2.48. The zero-order valence-electron chi connectivity index (χ0n) is 10.1. The fourth-order valence-electron chi connectivity index (χ4n) is 2.12. The fourth-order valence-corrected chi connectivity index (χ4v) is 2.12. The first kappa shape index (κ1) is 10.8. The van der Waals surface area contributed by atoms with Gasteiger partial charge in [0.25, 0.3) is 0 Å². The molecule has 2 heterocycles. The molecule has 3 rings (SSSR count). The minimum absolute atomic E-state index is 0.0661. The summed E-state index contributed by atoms with van der Waals surface area (Å²) < 4.78 is 3.57. The fraction of sp³-hybridized carbons (Fsp3) is 0.143. The van der Waals surface area contributed by atoms with E-state index in [2.05, 4.69) is 5.10 Å². The Morgan fingerprint density at radius 3 is 2.83 bits per heavy atom. The molecule has 0 aliphatic carbocycles. The van der Waals surface area contributed by atoms with Crippen LogP contribution in [0.25, 0.3) is 10.9 Å². The van der Waals surface area contributed by atoms with Crippen LogP contribution in [0.1, 0.15) is 10.5 Å². The second-order valence-electron chi connectivity index (χ2n) is 4.29. The Bertz CT molecular complexity index is 708. The third-order valence-corrected chi connectivity index (χ3v) is 3.07. The molecule has 90 valence electrons. The van der Waals surface area contributed by atoms with Crippen molar-refractivity contribution < 1.29 is 4.79 Å². The molecule has 0 spiro atoms. The molecule has 4 heteroatoms. The number of para-hydroxylation sites is 1. The largest absolute Gasteiger partial charge is 0.348 e. The summed E-state index contributed by atoms with van der Waals surface area (Å²) in [4.78, 5) is 12.2. The van der Waals surface area contributed by atoms with Gasteiger partial charge in [0, 0.05) is 18.6 Å². The van der Waals surface area contributed by atoms with Crippen LogP contribution in [0.15, 0.2) is 48.8 Å². The predicted molar refractivity (Wildman–Crippen MR) is 69.5 cm³/mol. The van der Waals surface area contributed by atoms with E-state index in [0.29, 0.717) is 5.69 Å². The summed E-state index contributed by atoms with van der Waals surface area (Å²) in [6.07, 6.45) is 3.65. The van der Waals surface area contributed by atoms with Gasteiger partial charge in [-0.3, -0.25) is 9.48 Å². The third kappa shape index (κ3) is 1.72. The number of aromatic nitrogens is 3. The molecule has 2 aromatic heterocycles. The highest BCUT2D eigenvalue weighted by atomic mass is 16.1. The Morgan fingerprint density at radius 2 is 2.06 bits per heavy atom. The van der Waals surface area contributed by atoms with Crippen LogP contribution < -0.4 is 0 Å². The first-order valence-corrected chi connectivity index (χ1v) is 5.81. The standard InChI is InChI=1S/C14H13N3O/c1-16-8-4-7-13(16)14(18)10-17-12-6-3-2-5-11(12)9-15-17/h2-9H,10H2,1H3. The van der Waals surface area contributed by atoms with Gasteiger partial charge in [-0.05, 0) is 18.2 Å². The number of carbonyl (C=O) groups is 1. The second-order valence-corrected chi connectivity index (χ2v) is 4.29. The quantitative estimate of drug-likeness (QED) is 0.658. The number of ketones is 1. The molecule has 0 aliphatic heterocycles. The van der Waals surface area contributed by atoms with E-state index in [4.69, 9.17) is 0 Å². The lowest BCUT2D eigenvalue weighted by Gasteiger charge is -2.04. The molecule has 0 amide bonds. The van der Waals surface area contributed by atoms with Gasteiger partial charge in [-0.1, -0.05) is 18.2 Å². The number of aryl methyl sites for hydroxylation is 1. The van der Waals surface area contributed by atoms with Crippen LogP contribution in [0.2, 0.25) is 0 Å². The summed E-state index contributed by atoms with van der Waals surface area (Å²) in [7, 11) is 1.87. The van der Waals surface area contributed by atoms with Crippen LogP contribution in [0.3, 0.4) is 0 Å². The third-order valence-electron chi connectivity index (χ3n) is 3.07. The summed E-state index contributed by atoms with van der Waals surface area (Å²) >= 11 is 0. The van der Waals surface area contributed by atoms with Gasteiger partial charge in [0.2, 0.25) is 5.78 Å². The van der Waals surface area contributed by atoms with Crippen molar-refractivity contribution >= 4 is 16.7 Å². The highest BCUT2D eigenvalue weighted by molar-refractivity contribution is 5.95. The number of carbonyl (C=O) groups excluding carboxylic acids is 1. The molecule has 0 N–H and O–H groups in total. The average molecular weight is 239 g/mol. The van der Waals surface area contributed by atoms with Crippen molar-refractivity contribution in [3.05, 3.63) is 54.5 Å². The van der Waals surface area contributed by atoms with E-state index >= 15 is 0 Å². The van der Waals surface area contributed by atoms with E-state index in [-0.39, 0.29) is 12.3 Å². The van der Waals surface area contributed by atoms with Crippen LogP contribution in [0, 0.1) is 0 Å². The van der Waals surface area contributed by atoms with Crippen molar-refractivity contribution in [2.45, 2.75) is 6.54 Å². The van der Waals surface area contributed by atoms with Crippen molar-refractivity contribution in [2.75, 3.05) is 0 Å². The van der Waals surface area contributed by atoms with E-state index in [0.717, 1.165) is 10.9 Å². The molecule has 0 fully saturated rings. The molecule has 3 aromatic rings. The molecule has 0 radical (unpaired) electrons. The summed E-state index contributed by atoms with van der Waals surface area (Å²) in [5.74, 6) is 0.0661. The van der Waals surface area contributed by atoms with Crippen LogP contribution in [-0.2, 0) is 13.6 Å². The Morgan fingerprint density at radius 1 is 1.22 bits per heavy atom. The van der Waals surface area contributed by atoms with Crippen molar-refractivity contribution in [1.29, 1.82) is 0 Å². The lowest BCUT2D eigenvalue weighted by atomic mass is 10.2. The van der Waals surface area contributed by atoms with Crippen molar-refractivity contribution in [2.24, 2.45) is 7.05 Å². The van der Waals surface area contributed by atoms with Gasteiger partial charge in [-0.2, -0.15) is 5.10 Å². The number of fused-ring (bicyclic) bond motifs is 1. The van der Waals surface area contributed by atoms with Crippen LogP contribution in [0.5, 0.6) is 0 Å². The summed E-state index contributed by atoms with van der Waals surface area (Å²) in [5.41, 5.74) is 1.69. The van der Waals surface area contributed by atoms with E-state index in [9.17, 15) is 4.79 Å². The number of hydrogen-bond donors (Lipinski definition) is 0. The predicted octanol–water partition coefficient (Wildman–Crippen LogP) is 2.26. The van der Waals surface area contributed by atoms with Crippen molar-refractivity contribution in [3.63, 3.8) is 0 Å². The number of Topliss-reactive ketones (excluding diaryl/α,β-unsaturated/α-hetero) is 1. The molecule has 18 heavy (non-hydrogen) atoms. The van der Waals surface area contributed by atoms with Gasteiger partial charge < -0.3 is 4.57 Å². The zero-order valence-corrected chi connectivity index (χ0v) is 10.1. The lowest BCUT2D eigenvalue weighted by Crippen LogP contribution is -2.14. The van der Waals surface area contributed by atoms with Crippen LogP contribution in [-0.4, -0.2) is 20.1 Å². The number of nitrogens with zero attached hydrogens (tertiary/aromatic N) is 3. The van der Waals surface area contributed by atoms with E-state index in [1.54, 1.807) is 10.9 Å². The molecule has 0 aliphatic rings. The molecular weight excluding hydrogens is 226 g/mol. The maximum absolute atomic E-state index is 12.2. The normalized spacial score (nSPS) is 10.9. The van der Waals surface area contributed by atoms with Gasteiger partial charge >= 0.3 is 0 Å². The monoisotopic (exact) mass is 239 g/mol. The minimum Gasteiger partial charge on any atom is -0.348 e. The Balaban J connectivity index is 1.93. The minimum atomic E-state index is 0.0661. The Hall–Kier alpha value is -2.36. The second kappa shape index (κ2) is 4.14. The van der Waals surface area contributed by atoms with Crippen molar-refractivity contribution in [1.82, 2.24) is 14.3 Å². The highest BCUT2D eigenvalue weighted by Gasteiger charge is 2.11. The average Bonchev–Trinajstić information content (AvgIpc) is 2.97. The molecule has 0 saturated heterocycles. The SMILES string of the molecule is Cn1cccc1C(=O)Cn1ncc2ccccc21. The Labute approximate surface area is 104 Å². The first-order valence-electron chi connectivity index (χ1n) is 5.81. The van der Waals surface area contributed by atoms with Crippen LogP contribution in [0.4, 0.5) is 0 Å². The van der Waals surface area contributed by atoms with Gasteiger partial charge in [-0.15, -0.1) is 0 Å². The smallest absolute Gasteiger partial charge is 0.200 e. The number of hydrogen-bond acceptors (Lipinski definition) is 2. The summed E-state index contributed by atoms with van der Waals surface area (Å²) in [6.45, 7) is 0.269. The maximum atomic E-state index is 12.2. The maximum Gasteiger partial charge on any atom is 0.200 e. The summed E-state index contributed by atoms with van der Waals surface area (Å²) in [6, 6.07) is 11.6. The highest BCUT2D eigenvalue weighted by Crippen LogP contribution is 2.13. The van der Waals surface area contributed by atoms with Crippen molar-refractivity contribution in [3.8, 4) is 0 Å². The van der Waals surface area contributed by atoms with E-state index < -0.39 is 0 Å². The topological polar surface area (TPSA) is 39.8 Å².